The minimum absolute atomic E-state index is 0.0855. The highest BCUT2D eigenvalue weighted by Crippen LogP contribution is 2.40. The van der Waals surface area contributed by atoms with Crippen LogP contribution in [0.5, 0.6) is 0 Å². The zero-order valence-corrected chi connectivity index (χ0v) is 11.8. The molecule has 2 fully saturated rings. The van der Waals surface area contributed by atoms with Crippen molar-refractivity contribution < 1.29 is 8.78 Å². The number of nitrogens with zero attached hydrogens (tertiary/aromatic N) is 1. The molecule has 2 rings (SSSR count). The van der Waals surface area contributed by atoms with Gasteiger partial charge in [-0.05, 0) is 32.6 Å². The van der Waals surface area contributed by atoms with E-state index in [9.17, 15) is 8.78 Å². The third-order valence-electron chi connectivity index (χ3n) is 4.83. The molecule has 0 bridgehead atoms. The summed E-state index contributed by atoms with van der Waals surface area (Å²) in [5.41, 5.74) is 0.129. The summed E-state index contributed by atoms with van der Waals surface area (Å²) in [6.07, 6.45) is 1.92. The van der Waals surface area contributed by atoms with Crippen molar-refractivity contribution in [2.45, 2.75) is 64.0 Å². The van der Waals surface area contributed by atoms with Crippen molar-refractivity contribution in [1.29, 1.82) is 0 Å². The first kappa shape index (κ1) is 14.2. The van der Waals surface area contributed by atoms with Crippen LogP contribution in [0, 0.1) is 5.92 Å². The van der Waals surface area contributed by atoms with Gasteiger partial charge in [-0.3, -0.25) is 4.90 Å². The highest BCUT2D eigenvalue weighted by molar-refractivity contribution is 4.96. The van der Waals surface area contributed by atoms with Crippen LogP contribution in [0.15, 0.2) is 0 Å². The first-order valence-electron chi connectivity index (χ1n) is 7.21. The number of hydrogen-bond donors (Lipinski definition) is 1. The zero-order chi connectivity index (χ0) is 13.4. The number of nitrogens with one attached hydrogen (secondary N) is 1. The smallest absolute Gasteiger partial charge is 0.248 e. The van der Waals surface area contributed by atoms with E-state index in [4.69, 9.17) is 0 Å². The Kier molecular flexibility index (Phi) is 3.98. The van der Waals surface area contributed by atoms with Gasteiger partial charge in [0, 0.05) is 44.1 Å². The van der Waals surface area contributed by atoms with E-state index >= 15 is 0 Å². The predicted molar refractivity (Wildman–Crippen MR) is 70.0 cm³/mol. The summed E-state index contributed by atoms with van der Waals surface area (Å²) < 4.78 is 26.5. The zero-order valence-electron chi connectivity index (χ0n) is 11.8. The van der Waals surface area contributed by atoms with Gasteiger partial charge in [0.15, 0.2) is 0 Å². The van der Waals surface area contributed by atoms with Crippen LogP contribution >= 0.6 is 0 Å². The molecule has 2 nitrogen and oxygen atoms in total. The molecule has 1 N–H and O–H groups in total. The van der Waals surface area contributed by atoms with Crippen molar-refractivity contribution in [3.05, 3.63) is 0 Å². The molecule has 1 saturated carbocycles. The molecule has 3 unspecified atom stereocenters. The van der Waals surface area contributed by atoms with Crippen molar-refractivity contribution in [3.63, 3.8) is 0 Å². The Labute approximate surface area is 109 Å². The Morgan fingerprint density at radius 1 is 1.39 bits per heavy atom. The van der Waals surface area contributed by atoms with Crippen LogP contribution in [-0.4, -0.2) is 42.0 Å². The van der Waals surface area contributed by atoms with E-state index in [1.54, 1.807) is 0 Å². The molecule has 1 heterocycles. The topological polar surface area (TPSA) is 15.3 Å². The first-order valence-corrected chi connectivity index (χ1v) is 7.21. The van der Waals surface area contributed by atoms with Gasteiger partial charge < -0.3 is 5.32 Å². The van der Waals surface area contributed by atoms with Gasteiger partial charge in [-0.15, -0.1) is 0 Å². The van der Waals surface area contributed by atoms with Crippen molar-refractivity contribution >= 4 is 0 Å². The van der Waals surface area contributed by atoms with Crippen molar-refractivity contribution in [2.75, 3.05) is 19.6 Å². The molecule has 0 amide bonds. The van der Waals surface area contributed by atoms with E-state index in [1.807, 2.05) is 0 Å². The quantitative estimate of drug-likeness (QED) is 0.839. The second-order valence-corrected chi connectivity index (χ2v) is 6.50. The molecule has 1 aliphatic carbocycles. The average molecular weight is 260 g/mol. The molecular formula is C14H26F2N2. The summed E-state index contributed by atoms with van der Waals surface area (Å²) in [6.45, 7) is 9.39. The Hall–Kier alpha value is -0.220. The maximum Gasteiger partial charge on any atom is 0.248 e. The second-order valence-electron chi connectivity index (χ2n) is 6.50. The Morgan fingerprint density at radius 3 is 2.67 bits per heavy atom. The van der Waals surface area contributed by atoms with Crippen molar-refractivity contribution in [2.24, 2.45) is 5.92 Å². The van der Waals surface area contributed by atoms with Gasteiger partial charge in [-0.25, -0.2) is 8.78 Å². The molecule has 18 heavy (non-hydrogen) atoms. The number of hydrogen-bond acceptors (Lipinski definition) is 2. The molecule has 0 radical (unpaired) electrons. The van der Waals surface area contributed by atoms with Gasteiger partial charge in [-0.2, -0.15) is 0 Å². The average Bonchev–Trinajstić information content (AvgIpc) is 2.64. The van der Waals surface area contributed by atoms with Crippen molar-refractivity contribution in [3.8, 4) is 0 Å². The molecule has 1 saturated heterocycles. The molecule has 3 atom stereocenters. The summed E-state index contributed by atoms with van der Waals surface area (Å²) in [5, 5.41) is 3.50. The van der Waals surface area contributed by atoms with Gasteiger partial charge in [0.1, 0.15) is 0 Å². The van der Waals surface area contributed by atoms with Gasteiger partial charge in [-0.1, -0.05) is 6.92 Å². The van der Waals surface area contributed by atoms with E-state index in [0.717, 1.165) is 26.1 Å². The van der Waals surface area contributed by atoms with Crippen LogP contribution < -0.4 is 5.32 Å². The van der Waals surface area contributed by atoms with E-state index in [0.29, 0.717) is 12.5 Å². The molecule has 4 heteroatoms. The molecule has 0 aromatic carbocycles. The maximum atomic E-state index is 13.3. The van der Waals surface area contributed by atoms with E-state index in [-0.39, 0.29) is 24.3 Å². The van der Waals surface area contributed by atoms with Gasteiger partial charge >= 0.3 is 0 Å². The molecule has 2 aliphatic rings. The van der Waals surface area contributed by atoms with Crippen LogP contribution in [0.3, 0.4) is 0 Å². The number of rotatable bonds is 3. The molecule has 106 valence electrons. The summed E-state index contributed by atoms with van der Waals surface area (Å²) in [6, 6.07) is 0.464. The fraction of sp³-hybridized carbons (Fsp3) is 1.00. The fourth-order valence-corrected chi connectivity index (χ4v) is 3.27. The molecule has 1 aliphatic heterocycles. The monoisotopic (exact) mass is 260 g/mol. The summed E-state index contributed by atoms with van der Waals surface area (Å²) >= 11 is 0. The highest BCUT2D eigenvalue weighted by atomic mass is 19.3. The summed E-state index contributed by atoms with van der Waals surface area (Å²) in [4.78, 5) is 2.44. The first-order chi connectivity index (χ1) is 8.35. The molecule has 0 aromatic heterocycles. The highest BCUT2D eigenvalue weighted by Gasteiger charge is 2.42. The third kappa shape index (κ3) is 3.02. The predicted octanol–water partition coefficient (Wildman–Crippen LogP) is 2.88. The lowest BCUT2D eigenvalue weighted by Crippen LogP contribution is -2.63. The van der Waals surface area contributed by atoms with E-state index in [1.165, 1.54) is 0 Å². The third-order valence-corrected chi connectivity index (χ3v) is 4.83. The number of alkyl halides is 2. The fourth-order valence-electron chi connectivity index (χ4n) is 3.27. The van der Waals surface area contributed by atoms with Crippen molar-refractivity contribution in [1.82, 2.24) is 10.2 Å². The largest absolute Gasteiger partial charge is 0.311 e. The minimum Gasteiger partial charge on any atom is -0.311 e. The van der Waals surface area contributed by atoms with Crippen LogP contribution in [0.1, 0.15) is 46.5 Å². The normalized spacial score (nSPS) is 41.2. The van der Waals surface area contributed by atoms with Crippen LogP contribution in [0.25, 0.3) is 0 Å². The lowest BCUT2D eigenvalue weighted by Gasteiger charge is -2.48. The van der Waals surface area contributed by atoms with Gasteiger partial charge in [0.25, 0.3) is 0 Å². The van der Waals surface area contributed by atoms with Crippen LogP contribution in [0.2, 0.25) is 0 Å². The van der Waals surface area contributed by atoms with Gasteiger partial charge in [0.05, 0.1) is 0 Å². The number of piperazine rings is 1. The SMILES string of the molecule is CCC1(C)CNC(C)CN1CC1CCC(F)(F)C1. The minimum atomic E-state index is -2.41. The summed E-state index contributed by atoms with van der Waals surface area (Å²) in [5.74, 6) is -2.23. The lowest BCUT2D eigenvalue weighted by atomic mass is 9.90. The Balaban J connectivity index is 1.97. The Morgan fingerprint density at radius 2 is 2.11 bits per heavy atom. The second kappa shape index (κ2) is 5.04. The summed E-state index contributed by atoms with van der Waals surface area (Å²) in [7, 11) is 0. The van der Waals surface area contributed by atoms with Crippen LogP contribution in [0.4, 0.5) is 8.78 Å². The standard InChI is InChI=1S/C14H26F2N2/c1-4-13(3)10-17-11(2)8-18(13)9-12-5-6-14(15,16)7-12/h11-12,17H,4-10H2,1-3H3. The maximum absolute atomic E-state index is 13.3. The van der Waals surface area contributed by atoms with Crippen LogP contribution in [-0.2, 0) is 0 Å². The molecular weight excluding hydrogens is 234 g/mol. The van der Waals surface area contributed by atoms with E-state index in [2.05, 4.69) is 31.0 Å². The van der Waals surface area contributed by atoms with Gasteiger partial charge in [0.2, 0.25) is 5.92 Å². The molecule has 0 aromatic rings. The Bertz CT molecular complexity index is 296. The lowest BCUT2D eigenvalue weighted by molar-refractivity contribution is -0.00390. The van der Waals surface area contributed by atoms with E-state index < -0.39 is 5.92 Å². The number of halogens is 2. The molecule has 0 spiro atoms.